The van der Waals surface area contributed by atoms with Crippen molar-refractivity contribution < 1.29 is 9.53 Å². The molecule has 172 valence electrons. The highest BCUT2D eigenvalue weighted by molar-refractivity contribution is 14.0. The zero-order valence-corrected chi connectivity index (χ0v) is 21.5. The van der Waals surface area contributed by atoms with E-state index in [0.717, 1.165) is 39.1 Å². The van der Waals surface area contributed by atoms with Crippen LogP contribution in [0.2, 0.25) is 0 Å². The fourth-order valence-corrected chi connectivity index (χ4v) is 2.63. The third-order valence-electron chi connectivity index (χ3n) is 4.72. The average molecular weight is 533 g/mol. The molecule has 1 aromatic carbocycles. The molecule has 0 aromatic heterocycles. The van der Waals surface area contributed by atoms with Crippen LogP contribution in [0.15, 0.2) is 35.3 Å². The normalized spacial score (nSPS) is 12.3. The number of hydrogen-bond donors (Lipinski definition) is 2. The molecule has 1 atom stereocenters. The Kier molecular flexibility index (Phi) is 16.5. The van der Waals surface area contributed by atoms with Crippen LogP contribution in [0.5, 0.6) is 0 Å². The predicted molar refractivity (Wildman–Crippen MR) is 136 cm³/mol. The highest BCUT2D eigenvalue weighted by Gasteiger charge is 2.10. The zero-order chi connectivity index (χ0) is 21.5. The number of amides is 1. The summed E-state index contributed by atoms with van der Waals surface area (Å²) in [4.78, 5) is 20.2. The number of aliphatic imine (C=N–C) groups is 1. The highest BCUT2D eigenvalue weighted by Crippen LogP contribution is 2.07. The van der Waals surface area contributed by atoms with Crippen LogP contribution in [0.25, 0.3) is 0 Å². The molecule has 1 aromatic rings. The first-order valence-electron chi connectivity index (χ1n) is 10.5. The lowest BCUT2D eigenvalue weighted by Gasteiger charge is -2.25. The number of benzene rings is 1. The van der Waals surface area contributed by atoms with E-state index in [4.69, 9.17) is 4.74 Å². The van der Waals surface area contributed by atoms with Gasteiger partial charge in [0, 0.05) is 53.0 Å². The number of likely N-dealkylation sites (N-methyl/N-ethyl adjacent to an activating group) is 1. The van der Waals surface area contributed by atoms with Crippen molar-refractivity contribution in [3.63, 3.8) is 0 Å². The van der Waals surface area contributed by atoms with E-state index in [-0.39, 0.29) is 36.4 Å². The zero-order valence-electron chi connectivity index (χ0n) is 19.2. The Labute approximate surface area is 199 Å². The predicted octanol–water partition coefficient (Wildman–Crippen LogP) is 2.57. The molecule has 1 amide bonds. The fourth-order valence-electron chi connectivity index (χ4n) is 2.63. The molecular formula is C22H40IN5O2. The molecule has 0 bridgehead atoms. The van der Waals surface area contributed by atoms with Gasteiger partial charge in [-0.15, -0.1) is 24.0 Å². The van der Waals surface area contributed by atoms with Crippen molar-refractivity contribution >= 4 is 35.8 Å². The van der Waals surface area contributed by atoms with Crippen LogP contribution in [-0.4, -0.2) is 81.7 Å². The molecule has 0 aliphatic rings. The number of guanidine groups is 1. The Hall–Kier alpha value is -1.39. The number of nitrogens with one attached hydrogen (secondary N) is 2. The summed E-state index contributed by atoms with van der Waals surface area (Å²) in [5, 5.41) is 6.65. The molecule has 30 heavy (non-hydrogen) atoms. The van der Waals surface area contributed by atoms with Gasteiger partial charge in [-0.2, -0.15) is 0 Å². The topological polar surface area (TPSA) is 69.2 Å². The molecule has 7 nitrogen and oxygen atoms in total. The second-order valence-electron chi connectivity index (χ2n) is 7.40. The van der Waals surface area contributed by atoms with Gasteiger partial charge in [0.05, 0.1) is 0 Å². The molecule has 0 saturated heterocycles. The van der Waals surface area contributed by atoms with Gasteiger partial charge in [0.25, 0.3) is 0 Å². The van der Waals surface area contributed by atoms with Crippen molar-refractivity contribution in [2.75, 3.05) is 54.0 Å². The maximum Gasteiger partial charge on any atom is 0.243 e. The largest absolute Gasteiger partial charge is 0.382 e. The molecule has 0 heterocycles. The van der Waals surface area contributed by atoms with Crippen molar-refractivity contribution in [3.8, 4) is 0 Å². The summed E-state index contributed by atoms with van der Waals surface area (Å²) >= 11 is 0. The molecule has 0 saturated carbocycles. The van der Waals surface area contributed by atoms with Gasteiger partial charge in [-0.05, 0) is 39.3 Å². The Morgan fingerprint density at radius 2 is 1.80 bits per heavy atom. The third-order valence-corrected chi connectivity index (χ3v) is 4.72. The van der Waals surface area contributed by atoms with E-state index in [0.29, 0.717) is 18.6 Å². The van der Waals surface area contributed by atoms with Crippen LogP contribution in [0.3, 0.4) is 0 Å². The van der Waals surface area contributed by atoms with Gasteiger partial charge in [0.1, 0.15) is 6.54 Å². The monoisotopic (exact) mass is 533 g/mol. The van der Waals surface area contributed by atoms with Crippen molar-refractivity contribution in [3.05, 3.63) is 35.9 Å². The first kappa shape index (κ1) is 28.6. The van der Waals surface area contributed by atoms with Crippen molar-refractivity contribution in [1.29, 1.82) is 0 Å². The molecule has 0 spiro atoms. The standard InChI is InChI=1S/C22H39N5O2.HI/c1-6-29-16-10-14-23-22(25-17-21(28)26(3)4)24-15-13-19(2)27(5)18-20-11-8-7-9-12-20;/h7-9,11-12,19H,6,10,13-18H2,1-5H3,(H2,23,24,25);1H. The fraction of sp³-hybridized carbons (Fsp3) is 0.636. The lowest BCUT2D eigenvalue weighted by molar-refractivity contribution is -0.127. The van der Waals surface area contributed by atoms with Gasteiger partial charge in [0.2, 0.25) is 5.91 Å². The van der Waals surface area contributed by atoms with Crippen LogP contribution >= 0.6 is 24.0 Å². The Morgan fingerprint density at radius 1 is 1.13 bits per heavy atom. The van der Waals surface area contributed by atoms with Crippen LogP contribution in [0, 0.1) is 0 Å². The summed E-state index contributed by atoms with van der Waals surface area (Å²) in [5.41, 5.74) is 1.32. The Balaban J connectivity index is 0.00000841. The van der Waals surface area contributed by atoms with E-state index in [1.807, 2.05) is 13.0 Å². The smallest absolute Gasteiger partial charge is 0.243 e. The molecule has 0 aliphatic carbocycles. The summed E-state index contributed by atoms with van der Waals surface area (Å²) in [6.07, 6.45) is 1.87. The summed E-state index contributed by atoms with van der Waals surface area (Å²) in [7, 11) is 5.63. The summed E-state index contributed by atoms with van der Waals surface area (Å²) in [6.45, 7) is 8.27. The molecule has 0 aliphatic heterocycles. The van der Waals surface area contributed by atoms with Gasteiger partial charge in [-0.1, -0.05) is 30.3 Å². The second kappa shape index (κ2) is 17.3. The second-order valence-corrected chi connectivity index (χ2v) is 7.40. The average Bonchev–Trinajstić information content (AvgIpc) is 2.71. The van der Waals surface area contributed by atoms with E-state index < -0.39 is 0 Å². The molecular weight excluding hydrogens is 493 g/mol. The van der Waals surface area contributed by atoms with E-state index >= 15 is 0 Å². The summed E-state index contributed by atoms with van der Waals surface area (Å²) in [5.74, 6) is 0.658. The molecule has 0 radical (unpaired) electrons. The molecule has 2 N–H and O–H groups in total. The van der Waals surface area contributed by atoms with Gasteiger partial charge < -0.3 is 20.3 Å². The minimum absolute atomic E-state index is 0. The molecule has 1 rings (SSSR count). The number of carbonyl (C=O) groups is 1. The summed E-state index contributed by atoms with van der Waals surface area (Å²) < 4.78 is 5.37. The molecule has 1 unspecified atom stereocenters. The van der Waals surface area contributed by atoms with Crippen molar-refractivity contribution in [2.24, 2.45) is 4.99 Å². The number of hydrogen-bond acceptors (Lipinski definition) is 4. The maximum atomic E-state index is 11.8. The first-order valence-corrected chi connectivity index (χ1v) is 10.5. The van der Waals surface area contributed by atoms with Crippen molar-refractivity contribution in [2.45, 2.75) is 39.3 Å². The Bertz CT molecular complexity index is 598. The van der Waals surface area contributed by atoms with E-state index in [1.165, 1.54) is 5.56 Å². The number of nitrogens with zero attached hydrogens (tertiary/aromatic N) is 3. The van der Waals surface area contributed by atoms with Crippen LogP contribution in [-0.2, 0) is 16.1 Å². The summed E-state index contributed by atoms with van der Waals surface area (Å²) in [6, 6.07) is 10.9. The number of halogens is 1. The van der Waals surface area contributed by atoms with Crippen LogP contribution in [0.4, 0.5) is 0 Å². The van der Waals surface area contributed by atoms with E-state index in [9.17, 15) is 4.79 Å². The van der Waals surface area contributed by atoms with Crippen LogP contribution in [0.1, 0.15) is 32.3 Å². The number of rotatable bonds is 13. The lowest BCUT2D eigenvalue weighted by Crippen LogP contribution is -2.41. The first-order chi connectivity index (χ1) is 13.9. The van der Waals surface area contributed by atoms with Gasteiger partial charge in [0.15, 0.2) is 5.96 Å². The van der Waals surface area contributed by atoms with Crippen molar-refractivity contribution in [1.82, 2.24) is 20.4 Å². The quantitative estimate of drug-likeness (QED) is 0.177. The van der Waals surface area contributed by atoms with Gasteiger partial charge >= 0.3 is 0 Å². The SMILES string of the molecule is CCOCCCNC(=NCC(=O)N(C)C)NCCC(C)N(C)Cc1ccccc1.I. The highest BCUT2D eigenvalue weighted by atomic mass is 127. The lowest BCUT2D eigenvalue weighted by atomic mass is 10.1. The van der Waals surface area contributed by atoms with Crippen LogP contribution < -0.4 is 10.6 Å². The molecule has 8 heteroatoms. The van der Waals surface area contributed by atoms with E-state index in [1.54, 1.807) is 19.0 Å². The maximum absolute atomic E-state index is 11.8. The minimum Gasteiger partial charge on any atom is -0.382 e. The Morgan fingerprint density at radius 3 is 2.43 bits per heavy atom. The number of ether oxygens (including phenoxy) is 1. The van der Waals surface area contributed by atoms with Gasteiger partial charge in [-0.25, -0.2) is 4.99 Å². The van der Waals surface area contributed by atoms with E-state index in [2.05, 4.69) is 58.8 Å². The molecule has 0 fully saturated rings. The third kappa shape index (κ3) is 13.0. The van der Waals surface area contributed by atoms with Gasteiger partial charge in [-0.3, -0.25) is 9.69 Å². The minimum atomic E-state index is -0.0172. The number of carbonyl (C=O) groups excluding carboxylic acids is 1.